The van der Waals surface area contributed by atoms with Crippen LogP contribution in [0.25, 0.3) is 11.4 Å². The number of carbonyl (C=O) groups excluding carboxylic acids is 1. The second kappa shape index (κ2) is 12.4. The molecule has 1 saturated heterocycles. The normalized spacial score (nSPS) is 14.9. The number of aryl methyl sites for hydroxylation is 1. The summed E-state index contributed by atoms with van der Waals surface area (Å²) in [4.78, 5) is 19.6. The topological polar surface area (TPSA) is 89.7 Å². The van der Waals surface area contributed by atoms with E-state index in [1.165, 1.54) is 5.56 Å². The highest BCUT2D eigenvalue weighted by Gasteiger charge is 2.26. The van der Waals surface area contributed by atoms with Gasteiger partial charge in [-0.1, -0.05) is 56.3 Å². The molecule has 4 rings (SSSR count). The number of aromatic nitrogens is 2. The van der Waals surface area contributed by atoms with Crippen molar-refractivity contribution >= 4 is 5.91 Å². The average Bonchev–Trinajstić information content (AvgIpc) is 3.39. The van der Waals surface area contributed by atoms with Gasteiger partial charge in [0.15, 0.2) is 11.5 Å². The van der Waals surface area contributed by atoms with E-state index in [9.17, 15) is 4.79 Å². The number of hydrogen-bond donors (Lipinski definition) is 1. The van der Waals surface area contributed by atoms with Crippen molar-refractivity contribution in [1.82, 2.24) is 20.4 Å². The number of ether oxygens (including phenoxy) is 2. The largest absolute Gasteiger partial charge is 0.493 e. The fraction of sp³-hybridized carbons (Fsp3) is 0.500. The van der Waals surface area contributed by atoms with E-state index in [0.717, 1.165) is 61.4 Å². The molecule has 0 bridgehead atoms. The van der Waals surface area contributed by atoms with Gasteiger partial charge in [-0.15, -0.1) is 0 Å². The summed E-state index contributed by atoms with van der Waals surface area (Å²) in [5.41, 5.74) is 3.50. The molecular weight excluding hydrogens is 480 g/mol. The summed E-state index contributed by atoms with van der Waals surface area (Å²) >= 11 is 0. The Kier molecular flexibility index (Phi) is 9.05. The van der Waals surface area contributed by atoms with Crippen molar-refractivity contribution < 1.29 is 18.8 Å². The number of hydrogen-bond acceptors (Lipinski definition) is 7. The first kappa shape index (κ1) is 27.6. The van der Waals surface area contributed by atoms with Crippen LogP contribution in [0.4, 0.5) is 0 Å². The number of carbonyl (C=O) groups is 1. The van der Waals surface area contributed by atoms with E-state index in [1.54, 1.807) is 14.2 Å². The molecular formula is C30H40N4O4. The fourth-order valence-corrected chi connectivity index (χ4v) is 4.78. The van der Waals surface area contributed by atoms with Crippen LogP contribution in [0.3, 0.4) is 0 Å². The number of likely N-dealkylation sites (tertiary alicyclic amines) is 1. The van der Waals surface area contributed by atoms with E-state index < -0.39 is 0 Å². The number of nitrogens with zero attached hydrogens (tertiary/aromatic N) is 3. The van der Waals surface area contributed by atoms with Crippen LogP contribution in [0.2, 0.25) is 0 Å². The third-order valence-electron chi connectivity index (χ3n) is 7.18. The molecule has 1 amide bonds. The van der Waals surface area contributed by atoms with Crippen molar-refractivity contribution in [1.29, 1.82) is 0 Å². The van der Waals surface area contributed by atoms with Crippen LogP contribution in [0, 0.1) is 5.92 Å². The van der Waals surface area contributed by atoms with E-state index in [1.807, 2.05) is 30.3 Å². The zero-order chi connectivity index (χ0) is 27.1. The smallest absolute Gasteiger partial charge is 0.241 e. The number of methoxy groups -OCH3 is 2. The summed E-state index contributed by atoms with van der Waals surface area (Å²) in [6.07, 6.45) is 3.40. The van der Waals surface area contributed by atoms with Crippen LogP contribution >= 0.6 is 0 Å². The molecule has 0 atom stereocenters. The molecule has 0 unspecified atom stereocenters. The second-order valence-corrected chi connectivity index (χ2v) is 11.0. The van der Waals surface area contributed by atoms with Gasteiger partial charge in [0, 0.05) is 18.0 Å². The van der Waals surface area contributed by atoms with Gasteiger partial charge in [-0.2, -0.15) is 4.98 Å². The number of benzene rings is 2. The van der Waals surface area contributed by atoms with E-state index in [4.69, 9.17) is 14.0 Å². The highest BCUT2D eigenvalue weighted by molar-refractivity contribution is 5.78. The van der Waals surface area contributed by atoms with Crippen LogP contribution in [0.1, 0.15) is 57.1 Å². The zero-order valence-corrected chi connectivity index (χ0v) is 23.3. The summed E-state index contributed by atoms with van der Waals surface area (Å²) in [7, 11) is 3.27. The maximum Gasteiger partial charge on any atom is 0.241 e. The van der Waals surface area contributed by atoms with Gasteiger partial charge < -0.3 is 19.3 Å². The van der Waals surface area contributed by atoms with E-state index in [0.29, 0.717) is 24.8 Å². The first-order valence-corrected chi connectivity index (χ1v) is 13.4. The Labute approximate surface area is 225 Å². The molecule has 0 saturated carbocycles. The Morgan fingerprint density at radius 1 is 1.05 bits per heavy atom. The fourth-order valence-electron chi connectivity index (χ4n) is 4.78. The van der Waals surface area contributed by atoms with Gasteiger partial charge in [0.25, 0.3) is 0 Å². The molecule has 1 aromatic heterocycles. The average molecular weight is 521 g/mol. The first-order valence-electron chi connectivity index (χ1n) is 13.4. The highest BCUT2D eigenvalue weighted by Crippen LogP contribution is 2.28. The van der Waals surface area contributed by atoms with Crippen molar-refractivity contribution in [3.05, 3.63) is 59.5 Å². The maximum absolute atomic E-state index is 12.7. The minimum Gasteiger partial charge on any atom is -0.493 e. The summed E-state index contributed by atoms with van der Waals surface area (Å²) in [6, 6.07) is 14.3. The Bertz CT molecular complexity index is 1190. The summed E-state index contributed by atoms with van der Waals surface area (Å²) in [5, 5.41) is 7.30. The van der Waals surface area contributed by atoms with Crippen LogP contribution in [0.5, 0.6) is 11.5 Å². The van der Waals surface area contributed by atoms with Gasteiger partial charge in [0.1, 0.15) is 0 Å². The quantitative estimate of drug-likeness (QED) is 0.376. The lowest BCUT2D eigenvalue weighted by molar-refractivity contribution is -0.126. The van der Waals surface area contributed by atoms with Crippen LogP contribution in [-0.2, 0) is 23.2 Å². The molecule has 38 heavy (non-hydrogen) atoms. The van der Waals surface area contributed by atoms with Gasteiger partial charge in [-0.05, 0) is 67.4 Å². The molecule has 1 aliphatic rings. The minimum atomic E-state index is 0.0481. The minimum absolute atomic E-state index is 0.0481. The lowest BCUT2D eigenvalue weighted by atomic mass is 9.87. The summed E-state index contributed by atoms with van der Waals surface area (Å²) in [5.74, 6) is 2.87. The Hall–Kier alpha value is -3.39. The molecule has 1 aliphatic heterocycles. The van der Waals surface area contributed by atoms with Crippen molar-refractivity contribution in [3.8, 4) is 22.9 Å². The number of piperidine rings is 1. The SMILES string of the molecule is COc1ccc(CCCNC(=O)C2CCN(Cc3nc(-c4ccc(C(C)(C)C)cc4)no3)CC2)cc1OC. The Balaban J connectivity index is 1.18. The van der Waals surface area contributed by atoms with E-state index >= 15 is 0 Å². The molecule has 3 aromatic rings. The van der Waals surface area contributed by atoms with E-state index in [2.05, 4.69) is 53.3 Å². The molecule has 8 nitrogen and oxygen atoms in total. The highest BCUT2D eigenvalue weighted by atomic mass is 16.5. The van der Waals surface area contributed by atoms with Crippen molar-refractivity contribution in [2.24, 2.45) is 5.92 Å². The Morgan fingerprint density at radius 2 is 1.76 bits per heavy atom. The zero-order valence-electron chi connectivity index (χ0n) is 23.3. The monoisotopic (exact) mass is 520 g/mol. The summed E-state index contributed by atoms with van der Waals surface area (Å²) in [6.45, 7) is 9.53. The molecule has 1 fully saturated rings. The first-order chi connectivity index (χ1) is 18.3. The molecule has 8 heteroatoms. The van der Waals surface area contributed by atoms with Gasteiger partial charge in [0.05, 0.1) is 20.8 Å². The third-order valence-corrected chi connectivity index (χ3v) is 7.18. The molecule has 2 heterocycles. The molecule has 2 aromatic carbocycles. The predicted octanol–water partition coefficient (Wildman–Crippen LogP) is 5.01. The molecule has 204 valence electrons. The molecule has 0 radical (unpaired) electrons. The second-order valence-electron chi connectivity index (χ2n) is 11.0. The number of nitrogens with one attached hydrogen (secondary N) is 1. The van der Waals surface area contributed by atoms with Crippen LogP contribution in [-0.4, -0.2) is 54.8 Å². The van der Waals surface area contributed by atoms with Crippen LogP contribution < -0.4 is 14.8 Å². The standard InChI is InChI=1S/C30H40N4O4/c1-30(2,3)24-11-9-22(10-12-24)28-32-27(38-33-28)20-34-17-14-23(15-18-34)29(35)31-16-6-7-21-8-13-25(36-4)26(19-21)37-5/h8-13,19,23H,6-7,14-18,20H2,1-5H3,(H,31,35). The third kappa shape index (κ3) is 7.13. The van der Waals surface area contributed by atoms with Gasteiger partial charge in [-0.25, -0.2) is 0 Å². The molecule has 0 aliphatic carbocycles. The van der Waals surface area contributed by atoms with Gasteiger partial charge in [0.2, 0.25) is 17.6 Å². The molecule has 0 spiro atoms. The number of rotatable bonds is 10. The Morgan fingerprint density at radius 3 is 2.42 bits per heavy atom. The van der Waals surface area contributed by atoms with Crippen molar-refractivity contribution in [3.63, 3.8) is 0 Å². The van der Waals surface area contributed by atoms with Gasteiger partial charge >= 0.3 is 0 Å². The van der Waals surface area contributed by atoms with Gasteiger partial charge in [-0.3, -0.25) is 9.69 Å². The molecule has 1 N–H and O–H groups in total. The van der Waals surface area contributed by atoms with Crippen molar-refractivity contribution in [2.45, 2.75) is 58.4 Å². The van der Waals surface area contributed by atoms with E-state index in [-0.39, 0.29) is 17.2 Å². The maximum atomic E-state index is 12.7. The number of amides is 1. The predicted molar refractivity (Wildman–Crippen MR) is 147 cm³/mol. The summed E-state index contributed by atoms with van der Waals surface area (Å²) < 4.78 is 16.2. The lowest BCUT2D eigenvalue weighted by Gasteiger charge is -2.30. The lowest BCUT2D eigenvalue weighted by Crippen LogP contribution is -2.40. The van der Waals surface area contributed by atoms with Crippen LogP contribution in [0.15, 0.2) is 47.0 Å². The van der Waals surface area contributed by atoms with Crippen molar-refractivity contribution in [2.75, 3.05) is 33.9 Å².